The zero-order chi connectivity index (χ0) is 11.9. The van der Waals surface area contributed by atoms with Crippen LogP contribution in [-0.2, 0) is 4.74 Å². The van der Waals surface area contributed by atoms with Gasteiger partial charge in [0.2, 0.25) is 0 Å². The summed E-state index contributed by atoms with van der Waals surface area (Å²) in [6.45, 7) is 13.3. The van der Waals surface area contributed by atoms with Crippen LogP contribution in [0.5, 0.6) is 0 Å². The van der Waals surface area contributed by atoms with Crippen LogP contribution in [0.25, 0.3) is 0 Å². The number of hydrogen-bond acceptors (Lipinski definition) is 2. The molecule has 0 bridgehead atoms. The quantitative estimate of drug-likeness (QED) is 0.672. The summed E-state index contributed by atoms with van der Waals surface area (Å²) in [5.74, 6) is 0.615. The van der Waals surface area contributed by atoms with Gasteiger partial charge in [0, 0.05) is 26.3 Å². The van der Waals surface area contributed by atoms with Crippen molar-refractivity contribution in [1.29, 1.82) is 0 Å². The van der Waals surface area contributed by atoms with E-state index in [0.29, 0.717) is 17.4 Å². The summed E-state index contributed by atoms with van der Waals surface area (Å²) in [4.78, 5) is 0. The monoisotopic (exact) mass is 215 g/mol. The van der Waals surface area contributed by atoms with Crippen molar-refractivity contribution >= 4 is 0 Å². The Labute approximate surface area is 95.8 Å². The topological polar surface area (TPSA) is 21.3 Å². The molecule has 0 aliphatic carbocycles. The molecule has 0 amide bonds. The van der Waals surface area contributed by atoms with Crippen molar-refractivity contribution in [3.63, 3.8) is 0 Å². The lowest BCUT2D eigenvalue weighted by Crippen LogP contribution is -2.42. The van der Waals surface area contributed by atoms with Crippen molar-refractivity contribution in [1.82, 2.24) is 5.32 Å². The van der Waals surface area contributed by atoms with Gasteiger partial charge in [0.25, 0.3) is 0 Å². The van der Waals surface area contributed by atoms with E-state index in [2.05, 4.69) is 39.9 Å². The third-order valence-electron chi connectivity index (χ3n) is 3.73. The van der Waals surface area contributed by atoms with Gasteiger partial charge >= 0.3 is 0 Å². The lowest BCUT2D eigenvalue weighted by molar-refractivity contribution is 0.0606. The van der Waals surface area contributed by atoms with Crippen LogP contribution in [-0.4, -0.2) is 26.3 Å². The van der Waals surface area contributed by atoms with Gasteiger partial charge in [0.05, 0.1) is 0 Å². The molecule has 1 atom stereocenters. The Morgan fingerprint density at radius 1 is 1.13 bits per heavy atom. The molecule has 0 aliphatic heterocycles. The molecule has 0 aromatic rings. The van der Waals surface area contributed by atoms with Crippen molar-refractivity contribution in [2.24, 2.45) is 11.3 Å². The van der Waals surface area contributed by atoms with Gasteiger partial charge in [-0.25, -0.2) is 0 Å². The summed E-state index contributed by atoms with van der Waals surface area (Å²) in [7, 11) is 1.79. The third kappa shape index (κ3) is 4.52. The Bertz CT molecular complexity index is 153. The van der Waals surface area contributed by atoms with Gasteiger partial charge in [0.15, 0.2) is 0 Å². The Balaban J connectivity index is 4.41. The molecule has 0 saturated carbocycles. The van der Waals surface area contributed by atoms with Crippen LogP contribution in [0.1, 0.15) is 47.5 Å². The summed E-state index contributed by atoms with van der Waals surface area (Å²) < 4.78 is 5.29. The summed E-state index contributed by atoms with van der Waals surface area (Å²) in [5, 5.41) is 3.57. The highest BCUT2D eigenvalue weighted by atomic mass is 16.5. The average molecular weight is 215 g/mol. The minimum absolute atomic E-state index is 0.389. The molecule has 2 heteroatoms. The van der Waals surface area contributed by atoms with E-state index in [-0.39, 0.29) is 0 Å². The first kappa shape index (κ1) is 14.9. The maximum atomic E-state index is 5.29. The fraction of sp³-hybridized carbons (Fsp3) is 1.00. The lowest BCUT2D eigenvalue weighted by Gasteiger charge is -2.38. The summed E-state index contributed by atoms with van der Waals surface area (Å²) in [6.07, 6.45) is 2.43. The molecule has 1 unspecified atom stereocenters. The van der Waals surface area contributed by atoms with E-state index in [1.807, 2.05) is 0 Å². The Kier molecular flexibility index (Phi) is 7.20. The van der Waals surface area contributed by atoms with E-state index in [1.165, 1.54) is 12.8 Å². The number of hydrogen-bond donors (Lipinski definition) is 1. The molecular weight excluding hydrogens is 186 g/mol. The Hall–Kier alpha value is -0.0800. The van der Waals surface area contributed by atoms with Crippen LogP contribution < -0.4 is 5.32 Å². The molecule has 15 heavy (non-hydrogen) atoms. The van der Waals surface area contributed by atoms with Gasteiger partial charge in [-0.1, -0.05) is 34.6 Å². The van der Waals surface area contributed by atoms with Crippen molar-refractivity contribution in [3.05, 3.63) is 0 Å². The minimum Gasteiger partial charge on any atom is -0.384 e. The van der Waals surface area contributed by atoms with Crippen LogP contribution in [0.15, 0.2) is 0 Å². The van der Waals surface area contributed by atoms with Gasteiger partial charge < -0.3 is 10.1 Å². The highest BCUT2D eigenvalue weighted by Crippen LogP contribution is 2.34. The Morgan fingerprint density at radius 2 is 1.67 bits per heavy atom. The van der Waals surface area contributed by atoms with Gasteiger partial charge in [-0.15, -0.1) is 0 Å². The first-order valence-corrected chi connectivity index (χ1v) is 6.24. The number of rotatable bonds is 8. The standard InChI is InChI=1S/C13H29NO/c1-7-13(8-2,10-14-11(3)4)12(5)9-15-6/h11-12,14H,7-10H2,1-6H3. The smallest absolute Gasteiger partial charge is 0.0493 e. The molecule has 92 valence electrons. The molecule has 0 spiro atoms. The predicted octanol–water partition coefficient (Wildman–Crippen LogP) is 3.07. The molecule has 2 nitrogen and oxygen atoms in total. The summed E-state index contributed by atoms with van der Waals surface area (Å²) in [5.41, 5.74) is 0.389. The van der Waals surface area contributed by atoms with Gasteiger partial charge in [0.1, 0.15) is 0 Å². The van der Waals surface area contributed by atoms with E-state index in [1.54, 1.807) is 7.11 Å². The zero-order valence-electron chi connectivity index (χ0n) is 11.4. The summed E-state index contributed by atoms with van der Waals surface area (Å²) in [6, 6.07) is 0.567. The molecular formula is C13H29NO. The molecule has 0 rings (SSSR count). The van der Waals surface area contributed by atoms with E-state index in [9.17, 15) is 0 Å². The first-order valence-electron chi connectivity index (χ1n) is 6.24. The number of methoxy groups -OCH3 is 1. The molecule has 0 aromatic carbocycles. The second-order valence-electron chi connectivity index (χ2n) is 4.96. The van der Waals surface area contributed by atoms with E-state index in [0.717, 1.165) is 13.2 Å². The van der Waals surface area contributed by atoms with Crippen LogP contribution >= 0.6 is 0 Å². The molecule has 0 saturated heterocycles. The fourth-order valence-electron chi connectivity index (χ4n) is 2.21. The van der Waals surface area contributed by atoms with Gasteiger partial charge in [-0.2, -0.15) is 0 Å². The van der Waals surface area contributed by atoms with Crippen LogP contribution in [0.2, 0.25) is 0 Å². The predicted molar refractivity (Wildman–Crippen MR) is 67.2 cm³/mol. The normalized spacial score (nSPS) is 14.6. The van der Waals surface area contributed by atoms with Crippen molar-refractivity contribution < 1.29 is 4.74 Å². The van der Waals surface area contributed by atoms with E-state index >= 15 is 0 Å². The molecule has 0 heterocycles. The van der Waals surface area contributed by atoms with E-state index in [4.69, 9.17) is 4.74 Å². The molecule has 0 aliphatic rings. The van der Waals surface area contributed by atoms with Crippen LogP contribution in [0.4, 0.5) is 0 Å². The maximum Gasteiger partial charge on any atom is 0.0493 e. The first-order chi connectivity index (χ1) is 7.02. The van der Waals surface area contributed by atoms with Crippen molar-refractivity contribution in [2.45, 2.75) is 53.5 Å². The SMILES string of the molecule is CCC(CC)(CNC(C)C)C(C)COC. The van der Waals surface area contributed by atoms with E-state index < -0.39 is 0 Å². The number of nitrogens with one attached hydrogen (secondary N) is 1. The summed E-state index contributed by atoms with van der Waals surface area (Å²) >= 11 is 0. The van der Waals surface area contributed by atoms with Crippen molar-refractivity contribution in [3.8, 4) is 0 Å². The molecule has 0 aromatic heterocycles. The highest BCUT2D eigenvalue weighted by Gasteiger charge is 2.32. The fourth-order valence-corrected chi connectivity index (χ4v) is 2.21. The van der Waals surface area contributed by atoms with Crippen LogP contribution in [0, 0.1) is 11.3 Å². The third-order valence-corrected chi connectivity index (χ3v) is 3.73. The molecule has 0 radical (unpaired) electrons. The maximum absolute atomic E-state index is 5.29. The largest absolute Gasteiger partial charge is 0.384 e. The van der Waals surface area contributed by atoms with Gasteiger partial charge in [-0.3, -0.25) is 0 Å². The van der Waals surface area contributed by atoms with Gasteiger partial charge in [-0.05, 0) is 24.2 Å². The zero-order valence-corrected chi connectivity index (χ0v) is 11.4. The lowest BCUT2D eigenvalue weighted by atomic mass is 9.72. The van der Waals surface area contributed by atoms with Crippen molar-refractivity contribution in [2.75, 3.05) is 20.3 Å². The Morgan fingerprint density at radius 3 is 2.00 bits per heavy atom. The second-order valence-corrected chi connectivity index (χ2v) is 4.96. The van der Waals surface area contributed by atoms with Crippen LogP contribution in [0.3, 0.4) is 0 Å². The molecule has 0 fully saturated rings. The second kappa shape index (κ2) is 7.24. The minimum atomic E-state index is 0.389. The highest BCUT2D eigenvalue weighted by molar-refractivity contribution is 4.84. The molecule has 1 N–H and O–H groups in total. The average Bonchev–Trinajstić information content (AvgIpc) is 2.20. The number of ether oxygens (including phenoxy) is 1.